The zero-order valence-corrected chi connectivity index (χ0v) is 15.1. The van der Waals surface area contributed by atoms with E-state index in [-0.39, 0.29) is 12.7 Å². The van der Waals surface area contributed by atoms with E-state index in [2.05, 4.69) is 20.9 Å². The summed E-state index contributed by atoms with van der Waals surface area (Å²) in [5, 5.41) is 0. The summed E-state index contributed by atoms with van der Waals surface area (Å²) in [5.41, 5.74) is 0.950. The van der Waals surface area contributed by atoms with Crippen LogP contribution in [0.3, 0.4) is 0 Å². The molecule has 0 radical (unpaired) electrons. The van der Waals surface area contributed by atoms with Crippen LogP contribution in [-0.4, -0.2) is 27.1 Å². The van der Waals surface area contributed by atoms with Crippen molar-refractivity contribution in [3.8, 4) is 0 Å². The predicted molar refractivity (Wildman–Crippen MR) is 95.7 cm³/mol. The van der Waals surface area contributed by atoms with Crippen LogP contribution in [0.1, 0.15) is 11.3 Å². The maximum Gasteiger partial charge on any atom is 0.410 e. The van der Waals surface area contributed by atoms with E-state index in [4.69, 9.17) is 9.15 Å². The molecule has 0 atom stereocenters. The van der Waals surface area contributed by atoms with Gasteiger partial charge in [-0.1, -0.05) is 30.3 Å². The van der Waals surface area contributed by atoms with Gasteiger partial charge in [0.25, 0.3) is 0 Å². The van der Waals surface area contributed by atoms with Crippen molar-refractivity contribution in [3.63, 3.8) is 0 Å². The molecule has 0 aliphatic heterocycles. The van der Waals surface area contributed by atoms with Crippen molar-refractivity contribution in [2.75, 3.05) is 6.54 Å². The summed E-state index contributed by atoms with van der Waals surface area (Å²) in [5.74, 6) is 0.689. The first-order valence-corrected chi connectivity index (χ1v) is 8.65. The lowest BCUT2D eigenvalue weighted by atomic mass is 10.2. The molecule has 130 valence electrons. The third-order valence-electron chi connectivity index (χ3n) is 3.63. The van der Waals surface area contributed by atoms with Crippen LogP contribution in [0.5, 0.6) is 0 Å². The van der Waals surface area contributed by atoms with Gasteiger partial charge in [-0.2, -0.15) is 0 Å². The van der Waals surface area contributed by atoms with Crippen LogP contribution >= 0.6 is 15.9 Å². The topological polar surface area (TPSA) is 60.5 Å². The third kappa shape index (κ3) is 5.22. The molecule has 1 amide bonds. The van der Waals surface area contributed by atoms with Gasteiger partial charge in [0.1, 0.15) is 12.4 Å². The van der Waals surface area contributed by atoms with Gasteiger partial charge in [0.05, 0.1) is 12.9 Å². The van der Waals surface area contributed by atoms with E-state index in [0.29, 0.717) is 30.1 Å². The van der Waals surface area contributed by atoms with Crippen molar-refractivity contribution in [2.24, 2.45) is 0 Å². The fourth-order valence-corrected chi connectivity index (χ4v) is 2.67. The minimum Gasteiger partial charge on any atom is -0.452 e. The number of nitrogens with zero attached hydrogens (tertiary/aromatic N) is 3. The molecule has 3 rings (SSSR count). The van der Waals surface area contributed by atoms with Gasteiger partial charge in [-0.15, -0.1) is 0 Å². The Hall–Kier alpha value is -2.54. The highest BCUT2D eigenvalue weighted by molar-refractivity contribution is 9.10. The molecule has 0 saturated carbocycles. The summed E-state index contributed by atoms with van der Waals surface area (Å²) in [4.78, 5) is 18.1. The summed E-state index contributed by atoms with van der Waals surface area (Å²) < 4.78 is 13.5. The second kappa shape index (κ2) is 8.53. The number of hydrogen-bond donors (Lipinski definition) is 0. The highest BCUT2D eigenvalue weighted by atomic mass is 79.9. The van der Waals surface area contributed by atoms with Crippen molar-refractivity contribution < 1.29 is 13.9 Å². The maximum absolute atomic E-state index is 12.5. The number of ether oxygens (including phenoxy) is 1. The van der Waals surface area contributed by atoms with Crippen LogP contribution in [-0.2, 0) is 24.4 Å². The van der Waals surface area contributed by atoms with Gasteiger partial charge >= 0.3 is 6.09 Å². The number of carbonyl (C=O) groups excluding carboxylic acids is 1. The van der Waals surface area contributed by atoms with Crippen LogP contribution in [0.4, 0.5) is 4.79 Å². The molecule has 0 aliphatic rings. The molecule has 2 aromatic heterocycles. The van der Waals surface area contributed by atoms with E-state index in [1.54, 1.807) is 23.5 Å². The van der Waals surface area contributed by atoms with Crippen LogP contribution in [0.25, 0.3) is 0 Å². The monoisotopic (exact) mass is 403 g/mol. The second-order valence-electron chi connectivity index (χ2n) is 5.47. The number of hydrogen-bond acceptors (Lipinski definition) is 4. The van der Waals surface area contributed by atoms with Crippen LogP contribution in [0, 0.1) is 0 Å². The molecule has 0 fully saturated rings. The minimum absolute atomic E-state index is 0.239. The van der Waals surface area contributed by atoms with Gasteiger partial charge in [-0.05, 0) is 33.6 Å². The Bertz CT molecular complexity index is 787. The van der Waals surface area contributed by atoms with Crippen LogP contribution in [0.2, 0.25) is 0 Å². The zero-order valence-electron chi connectivity index (χ0n) is 13.5. The van der Waals surface area contributed by atoms with Gasteiger partial charge in [-0.25, -0.2) is 9.78 Å². The highest BCUT2D eigenvalue weighted by Crippen LogP contribution is 2.16. The molecule has 1 aromatic carbocycles. The fourth-order valence-electron chi connectivity index (χ4n) is 2.33. The van der Waals surface area contributed by atoms with Crippen LogP contribution in [0.15, 0.2) is 70.3 Å². The average molecular weight is 404 g/mol. The van der Waals surface area contributed by atoms with Gasteiger partial charge in [-0.3, -0.25) is 4.90 Å². The van der Waals surface area contributed by atoms with Gasteiger partial charge in [0, 0.05) is 25.5 Å². The lowest BCUT2D eigenvalue weighted by molar-refractivity contribution is 0.0896. The first-order valence-electron chi connectivity index (χ1n) is 7.86. The van der Waals surface area contributed by atoms with Crippen LogP contribution < -0.4 is 0 Å². The first kappa shape index (κ1) is 17.3. The van der Waals surface area contributed by atoms with Gasteiger partial charge < -0.3 is 13.7 Å². The summed E-state index contributed by atoms with van der Waals surface area (Å²) in [6.45, 7) is 1.70. The van der Waals surface area contributed by atoms with Gasteiger partial charge in [0.2, 0.25) is 0 Å². The number of halogens is 1. The summed E-state index contributed by atoms with van der Waals surface area (Å²) in [6.07, 6.45) is 4.91. The van der Waals surface area contributed by atoms with Crippen molar-refractivity contribution in [1.82, 2.24) is 14.5 Å². The van der Waals surface area contributed by atoms with Crippen molar-refractivity contribution in [2.45, 2.75) is 19.7 Å². The number of furan rings is 1. The molecule has 2 heterocycles. The van der Waals surface area contributed by atoms with E-state index in [1.165, 1.54) is 0 Å². The summed E-state index contributed by atoms with van der Waals surface area (Å²) in [6, 6.07) is 13.2. The Kier molecular flexibility index (Phi) is 5.90. The number of aromatic nitrogens is 2. The fraction of sp³-hybridized carbons (Fsp3) is 0.222. The van der Waals surface area contributed by atoms with E-state index in [0.717, 1.165) is 5.56 Å². The quantitative estimate of drug-likeness (QED) is 0.596. The Morgan fingerprint density at radius 3 is 2.76 bits per heavy atom. The molecule has 6 nitrogen and oxygen atoms in total. The van der Waals surface area contributed by atoms with E-state index in [1.807, 2.05) is 47.2 Å². The standard InChI is InChI=1S/C18H18BrN3O3/c19-17-7-6-16(25-17)12-22(11-10-21-9-8-20-14-21)18(23)24-13-15-4-2-1-3-5-15/h1-9,14H,10-13H2. The Labute approximate surface area is 154 Å². The summed E-state index contributed by atoms with van der Waals surface area (Å²) in [7, 11) is 0. The number of carbonyl (C=O) groups is 1. The van der Waals surface area contributed by atoms with Crippen molar-refractivity contribution in [1.29, 1.82) is 0 Å². The van der Waals surface area contributed by atoms with Crippen molar-refractivity contribution >= 4 is 22.0 Å². The molecule has 0 N–H and O–H groups in total. The number of benzene rings is 1. The highest BCUT2D eigenvalue weighted by Gasteiger charge is 2.17. The molecular formula is C18H18BrN3O3. The number of amides is 1. The van der Waals surface area contributed by atoms with Gasteiger partial charge in [0.15, 0.2) is 4.67 Å². The predicted octanol–water partition coefficient (Wildman–Crippen LogP) is 4.08. The third-order valence-corrected chi connectivity index (χ3v) is 4.05. The lowest BCUT2D eigenvalue weighted by Crippen LogP contribution is -2.33. The molecule has 7 heteroatoms. The Morgan fingerprint density at radius 1 is 1.24 bits per heavy atom. The Morgan fingerprint density at radius 2 is 2.08 bits per heavy atom. The molecule has 0 bridgehead atoms. The molecule has 3 aromatic rings. The lowest BCUT2D eigenvalue weighted by Gasteiger charge is -2.21. The summed E-state index contributed by atoms with van der Waals surface area (Å²) >= 11 is 3.28. The average Bonchev–Trinajstić information content (AvgIpc) is 3.29. The van der Waals surface area contributed by atoms with E-state index >= 15 is 0 Å². The molecule has 25 heavy (non-hydrogen) atoms. The maximum atomic E-state index is 12.5. The second-order valence-corrected chi connectivity index (χ2v) is 6.25. The number of imidazole rings is 1. The zero-order chi connectivity index (χ0) is 17.5. The first-order chi connectivity index (χ1) is 12.2. The molecular weight excluding hydrogens is 386 g/mol. The Balaban J connectivity index is 1.62. The SMILES string of the molecule is O=C(OCc1ccccc1)N(CCn1ccnc1)Cc1ccc(Br)o1. The molecule has 0 aliphatic carbocycles. The largest absolute Gasteiger partial charge is 0.452 e. The smallest absolute Gasteiger partial charge is 0.410 e. The minimum atomic E-state index is -0.378. The normalized spacial score (nSPS) is 10.6. The van der Waals surface area contributed by atoms with Crippen molar-refractivity contribution in [3.05, 3.63) is 77.2 Å². The molecule has 0 saturated heterocycles. The molecule has 0 unspecified atom stereocenters. The van der Waals surface area contributed by atoms with E-state index in [9.17, 15) is 4.79 Å². The van der Waals surface area contributed by atoms with E-state index < -0.39 is 0 Å². The number of rotatable bonds is 7. The molecule has 0 spiro atoms.